The van der Waals surface area contributed by atoms with Gasteiger partial charge in [0.25, 0.3) is 0 Å². The number of hydrogen-bond acceptors (Lipinski definition) is 4. The van der Waals surface area contributed by atoms with E-state index in [1.54, 1.807) is 0 Å². The fourth-order valence-corrected chi connectivity index (χ4v) is 4.15. The molecule has 0 spiro atoms. The van der Waals surface area contributed by atoms with Crippen LogP contribution in [0.4, 0.5) is 0 Å². The Kier molecular flexibility index (Phi) is 16.2. The Hall–Kier alpha value is 2.56. The first-order valence-electron chi connectivity index (χ1n) is 4.72. The first-order valence-corrected chi connectivity index (χ1v) is 8.95. The summed E-state index contributed by atoms with van der Waals surface area (Å²) in [6.45, 7) is 4.71. The molecule has 0 aliphatic carbocycles. The second kappa shape index (κ2) is 12.0. The van der Waals surface area contributed by atoms with Gasteiger partial charge in [0.2, 0.25) is 0 Å². The minimum Gasteiger partial charge on any atom is -0.793 e. The maximum Gasteiger partial charge on any atom is 1.00 e. The summed E-state index contributed by atoms with van der Waals surface area (Å²) in [5.41, 5.74) is -2.75. The van der Waals surface area contributed by atoms with Crippen molar-refractivity contribution in [1.29, 1.82) is 0 Å². The van der Waals surface area contributed by atoms with E-state index in [2.05, 4.69) is 13.8 Å². The minimum atomic E-state index is -2.75. The van der Waals surface area contributed by atoms with Crippen LogP contribution in [-0.4, -0.2) is 12.4 Å². The third-order valence-corrected chi connectivity index (χ3v) is 5.86. The van der Waals surface area contributed by atoms with Crippen LogP contribution in [0.2, 0.25) is 0 Å². The number of hydrogen-bond donors (Lipinski definition) is 0. The predicted molar refractivity (Wildman–Crippen MR) is 62.5 cm³/mol. The molecular formula is C8H18KO2PS2. The Labute approximate surface area is 139 Å². The zero-order chi connectivity index (χ0) is 10.2. The van der Waals surface area contributed by atoms with E-state index in [9.17, 15) is 4.89 Å². The average Bonchev–Trinajstić information content (AvgIpc) is 2.05. The van der Waals surface area contributed by atoms with Crippen LogP contribution in [0.1, 0.15) is 39.5 Å². The van der Waals surface area contributed by atoms with Gasteiger partial charge in [-0.3, -0.25) is 0 Å². The van der Waals surface area contributed by atoms with Crippen molar-refractivity contribution in [3.8, 4) is 0 Å². The van der Waals surface area contributed by atoms with E-state index < -0.39 is 5.69 Å². The molecule has 0 fully saturated rings. The van der Waals surface area contributed by atoms with Gasteiger partial charge >= 0.3 is 51.4 Å². The molecule has 1 atom stereocenters. The molecule has 0 saturated heterocycles. The quantitative estimate of drug-likeness (QED) is 0.354. The van der Waals surface area contributed by atoms with Crippen molar-refractivity contribution in [3.63, 3.8) is 0 Å². The molecule has 0 aromatic carbocycles. The second-order valence-corrected chi connectivity index (χ2v) is 8.99. The van der Waals surface area contributed by atoms with Gasteiger partial charge < -0.3 is 9.42 Å². The van der Waals surface area contributed by atoms with Crippen LogP contribution in [-0.2, 0) is 16.3 Å². The van der Waals surface area contributed by atoms with E-state index in [4.69, 9.17) is 16.3 Å². The summed E-state index contributed by atoms with van der Waals surface area (Å²) in [4.78, 5) is 11.5. The van der Waals surface area contributed by atoms with Gasteiger partial charge in [0, 0.05) is 5.69 Å². The van der Waals surface area contributed by atoms with Gasteiger partial charge in [0.05, 0.1) is 6.61 Å². The van der Waals surface area contributed by atoms with Crippen molar-refractivity contribution in [1.82, 2.24) is 0 Å². The Morgan fingerprint density at radius 1 is 1.29 bits per heavy atom. The van der Waals surface area contributed by atoms with Crippen LogP contribution in [0, 0.1) is 0 Å². The molecule has 80 valence electrons. The maximum absolute atomic E-state index is 11.5. The Balaban J connectivity index is 0. The molecule has 0 aliphatic rings. The van der Waals surface area contributed by atoms with Crippen molar-refractivity contribution in [3.05, 3.63) is 0 Å². The molecule has 0 bridgehead atoms. The van der Waals surface area contributed by atoms with Gasteiger partial charge in [-0.25, -0.2) is 0 Å². The van der Waals surface area contributed by atoms with Gasteiger partial charge in [0.15, 0.2) is 0 Å². The van der Waals surface area contributed by atoms with Crippen LogP contribution in [0.3, 0.4) is 0 Å². The third kappa shape index (κ3) is 12.6. The van der Waals surface area contributed by atoms with Gasteiger partial charge in [-0.1, -0.05) is 38.5 Å². The molecule has 2 nitrogen and oxygen atoms in total. The molecule has 0 radical (unpaired) electrons. The van der Waals surface area contributed by atoms with Crippen molar-refractivity contribution in [2.24, 2.45) is 0 Å². The topological polar surface area (TPSA) is 32.3 Å². The first-order chi connectivity index (χ1) is 6.12. The minimum absolute atomic E-state index is 0. The molecular weight excluding hydrogens is 262 g/mol. The van der Waals surface area contributed by atoms with Crippen LogP contribution < -0.4 is 56.3 Å². The summed E-state index contributed by atoms with van der Waals surface area (Å²) in [6.07, 6.45) is 4.16. The van der Waals surface area contributed by atoms with Crippen molar-refractivity contribution < 1.29 is 60.8 Å². The molecule has 0 aliphatic heterocycles. The van der Waals surface area contributed by atoms with E-state index in [1.807, 2.05) is 0 Å². The Morgan fingerprint density at radius 2 is 1.86 bits per heavy atom. The standard InChI is InChI=1S/C8H19O2PS2.K/c1-3-5-7-10-11(9,12)13-8-6-4-2;/h3-8H2,1-2H3,(H,9,12);/q;+1/p-1. The first kappa shape index (κ1) is 18.9. The SMILES string of the molecule is CCCCOP([O-])(=S)SCCCC.[K+]. The van der Waals surface area contributed by atoms with E-state index >= 15 is 0 Å². The second-order valence-electron chi connectivity index (χ2n) is 2.82. The summed E-state index contributed by atoms with van der Waals surface area (Å²) >= 11 is 6.17. The molecule has 0 rings (SSSR count). The van der Waals surface area contributed by atoms with Gasteiger partial charge in [-0.15, -0.1) is 11.4 Å². The average molecular weight is 280 g/mol. The molecule has 0 N–H and O–H groups in total. The van der Waals surface area contributed by atoms with Crippen LogP contribution in [0.25, 0.3) is 0 Å². The zero-order valence-corrected chi connectivity index (χ0v) is 15.0. The molecule has 0 aromatic heterocycles. The summed E-state index contributed by atoms with van der Waals surface area (Å²) in [6, 6.07) is 0. The summed E-state index contributed by atoms with van der Waals surface area (Å²) in [5, 5.41) is 0. The fourth-order valence-electron chi connectivity index (χ4n) is 0.679. The molecule has 1 unspecified atom stereocenters. The van der Waals surface area contributed by atoms with Crippen LogP contribution in [0.5, 0.6) is 0 Å². The molecule has 0 saturated carbocycles. The van der Waals surface area contributed by atoms with Crippen LogP contribution >= 0.6 is 17.1 Å². The van der Waals surface area contributed by atoms with Gasteiger partial charge in [0.1, 0.15) is 0 Å². The number of unbranched alkanes of at least 4 members (excludes halogenated alkanes) is 2. The molecule has 0 aromatic rings. The zero-order valence-electron chi connectivity index (χ0n) is 9.32. The summed E-state index contributed by atoms with van der Waals surface area (Å²) < 4.78 is 5.15. The van der Waals surface area contributed by atoms with E-state index in [0.717, 1.165) is 31.4 Å². The molecule has 14 heavy (non-hydrogen) atoms. The normalized spacial score (nSPS) is 14.5. The molecule has 0 heterocycles. The van der Waals surface area contributed by atoms with Gasteiger partial charge in [-0.05, 0) is 18.6 Å². The largest absolute Gasteiger partial charge is 1.00 e. The maximum atomic E-state index is 11.5. The van der Waals surface area contributed by atoms with E-state index in [0.29, 0.717) is 6.61 Å². The summed E-state index contributed by atoms with van der Waals surface area (Å²) in [7, 11) is 0. The Bertz CT molecular complexity index is 155. The van der Waals surface area contributed by atoms with Gasteiger partial charge in [-0.2, -0.15) is 0 Å². The predicted octanol–water partition coefficient (Wildman–Crippen LogP) is -0.0748. The molecule has 6 heteroatoms. The van der Waals surface area contributed by atoms with E-state index in [-0.39, 0.29) is 51.4 Å². The van der Waals surface area contributed by atoms with Crippen molar-refractivity contribution in [2.75, 3.05) is 12.4 Å². The Morgan fingerprint density at radius 3 is 2.36 bits per heavy atom. The van der Waals surface area contributed by atoms with Crippen LogP contribution in [0.15, 0.2) is 0 Å². The third-order valence-electron chi connectivity index (χ3n) is 1.49. The fraction of sp³-hybridized carbons (Fsp3) is 1.00. The number of rotatable bonds is 8. The van der Waals surface area contributed by atoms with Crippen molar-refractivity contribution in [2.45, 2.75) is 39.5 Å². The molecule has 0 amide bonds. The smallest absolute Gasteiger partial charge is 0.793 e. The van der Waals surface area contributed by atoms with Crippen molar-refractivity contribution >= 4 is 28.9 Å². The summed E-state index contributed by atoms with van der Waals surface area (Å²) in [5.74, 6) is 0.851. The monoisotopic (exact) mass is 280 g/mol. The van der Waals surface area contributed by atoms with E-state index in [1.165, 1.54) is 11.4 Å².